The zero-order chi connectivity index (χ0) is 29.3. The number of amides is 3. The zero-order valence-corrected chi connectivity index (χ0v) is 22.1. The van der Waals surface area contributed by atoms with E-state index in [0.29, 0.717) is 11.1 Å². The van der Waals surface area contributed by atoms with Gasteiger partial charge >= 0.3 is 0 Å². The van der Waals surface area contributed by atoms with Gasteiger partial charge in [-0.3, -0.25) is 24.2 Å². The van der Waals surface area contributed by atoms with Gasteiger partial charge in [0.25, 0.3) is 11.8 Å². The number of rotatable bonds is 7. The first-order valence-electron chi connectivity index (χ1n) is 13.1. The monoisotopic (exact) mass is 561 g/mol. The van der Waals surface area contributed by atoms with Crippen LogP contribution < -0.4 is 15.1 Å². The van der Waals surface area contributed by atoms with E-state index in [1.165, 1.54) is 36.5 Å². The number of aryl methyl sites for hydroxylation is 1. The molecular formula is C30H26F3N5O3. The molecule has 41 heavy (non-hydrogen) atoms. The lowest BCUT2D eigenvalue weighted by Crippen LogP contribution is -2.56. The van der Waals surface area contributed by atoms with Crippen LogP contribution in [0.1, 0.15) is 48.4 Å². The van der Waals surface area contributed by atoms with Crippen molar-refractivity contribution in [2.24, 2.45) is 0 Å². The number of hydrogen-bond donors (Lipinski definition) is 1. The van der Waals surface area contributed by atoms with Crippen LogP contribution in [0, 0.1) is 24.1 Å². The molecule has 0 unspecified atom stereocenters. The molecule has 8 nitrogen and oxygen atoms in total. The maximum absolute atomic E-state index is 15.4. The smallest absolute Gasteiger partial charge is 0.252 e. The Kier molecular flexibility index (Phi) is 7.49. The standard InChI is InChI=1S/C30H26F3N5O3/c1-18-6-2-3-7-21(18)27(28(40)36-20-15-30(32,33)16-20)38(23-9-5-4-8-22(23)31)29(41)24-10-11-26(39)37(24)25-14-19(17-34)12-13-35-25/h2-9,12-14,20,24,27H,10-11,15-16H2,1H3,(H,36,40)/t24-,27-/m0/s1. The van der Waals surface area contributed by atoms with Crippen molar-refractivity contribution in [3.63, 3.8) is 0 Å². The van der Waals surface area contributed by atoms with Gasteiger partial charge < -0.3 is 5.32 Å². The molecule has 1 aromatic heterocycles. The highest BCUT2D eigenvalue weighted by atomic mass is 19.3. The topological polar surface area (TPSA) is 106 Å². The van der Waals surface area contributed by atoms with Crippen LogP contribution in [0.15, 0.2) is 66.9 Å². The van der Waals surface area contributed by atoms with E-state index in [4.69, 9.17) is 0 Å². The largest absolute Gasteiger partial charge is 0.351 e. The maximum Gasteiger partial charge on any atom is 0.252 e. The summed E-state index contributed by atoms with van der Waals surface area (Å²) >= 11 is 0. The molecule has 2 aromatic carbocycles. The SMILES string of the molecule is Cc1ccccc1[C@@H](C(=O)NC1CC(F)(F)C1)N(C(=O)[C@@H]1CCC(=O)N1c1cc(C#N)ccn1)c1ccccc1F. The van der Waals surface area contributed by atoms with Crippen molar-refractivity contribution in [3.8, 4) is 6.07 Å². The lowest BCUT2D eigenvalue weighted by molar-refractivity contribution is -0.133. The maximum atomic E-state index is 15.4. The summed E-state index contributed by atoms with van der Waals surface area (Å²) in [6.45, 7) is 1.72. The summed E-state index contributed by atoms with van der Waals surface area (Å²) in [4.78, 5) is 47.7. The van der Waals surface area contributed by atoms with Gasteiger partial charge in [0.15, 0.2) is 0 Å². The molecule has 3 aromatic rings. The molecule has 1 aliphatic carbocycles. The molecule has 0 spiro atoms. The van der Waals surface area contributed by atoms with Crippen molar-refractivity contribution < 1.29 is 27.6 Å². The van der Waals surface area contributed by atoms with Gasteiger partial charge in [-0.25, -0.2) is 18.2 Å². The summed E-state index contributed by atoms with van der Waals surface area (Å²) in [5.74, 6) is -5.54. The quantitative estimate of drug-likeness (QED) is 0.455. The van der Waals surface area contributed by atoms with E-state index in [2.05, 4.69) is 10.3 Å². The number of aromatic nitrogens is 1. The lowest BCUT2D eigenvalue weighted by Gasteiger charge is -2.39. The molecule has 5 rings (SSSR count). The van der Waals surface area contributed by atoms with Gasteiger partial charge in [-0.15, -0.1) is 0 Å². The predicted octanol–water partition coefficient (Wildman–Crippen LogP) is 4.58. The number of carbonyl (C=O) groups excluding carboxylic acids is 3. The molecule has 1 saturated heterocycles. The molecule has 2 fully saturated rings. The number of nitriles is 1. The molecule has 3 amide bonds. The van der Waals surface area contributed by atoms with Crippen molar-refractivity contribution in [1.82, 2.24) is 10.3 Å². The van der Waals surface area contributed by atoms with Crippen molar-refractivity contribution in [2.45, 2.75) is 56.7 Å². The number of nitrogens with zero attached hydrogens (tertiary/aromatic N) is 4. The average molecular weight is 562 g/mol. The van der Waals surface area contributed by atoms with Crippen molar-refractivity contribution in [1.29, 1.82) is 5.26 Å². The first-order chi connectivity index (χ1) is 19.6. The van der Waals surface area contributed by atoms with E-state index in [-0.39, 0.29) is 29.9 Å². The minimum atomic E-state index is -2.90. The number of pyridine rings is 1. The molecule has 2 aliphatic rings. The van der Waals surface area contributed by atoms with Crippen molar-refractivity contribution in [2.75, 3.05) is 9.80 Å². The van der Waals surface area contributed by atoms with Crippen LogP contribution in [-0.4, -0.2) is 40.7 Å². The molecule has 2 heterocycles. The zero-order valence-electron chi connectivity index (χ0n) is 22.1. The van der Waals surface area contributed by atoms with Gasteiger partial charge in [0.1, 0.15) is 23.7 Å². The highest BCUT2D eigenvalue weighted by Crippen LogP contribution is 2.39. The Morgan fingerprint density at radius 2 is 1.85 bits per heavy atom. The molecule has 0 radical (unpaired) electrons. The minimum absolute atomic E-state index is 0.0155. The summed E-state index contributed by atoms with van der Waals surface area (Å²) < 4.78 is 42.6. The van der Waals surface area contributed by atoms with E-state index < -0.39 is 60.4 Å². The summed E-state index contributed by atoms with van der Waals surface area (Å²) in [5, 5.41) is 12.0. The summed E-state index contributed by atoms with van der Waals surface area (Å²) in [6.07, 6.45) is 0.293. The van der Waals surface area contributed by atoms with Gasteiger partial charge in [-0.05, 0) is 48.7 Å². The second-order valence-corrected chi connectivity index (χ2v) is 10.2. The number of carbonyl (C=O) groups is 3. The van der Waals surface area contributed by atoms with Crippen LogP contribution >= 0.6 is 0 Å². The molecule has 0 bridgehead atoms. The van der Waals surface area contributed by atoms with Crippen LogP contribution in [0.25, 0.3) is 0 Å². The van der Waals surface area contributed by atoms with Gasteiger partial charge in [-0.2, -0.15) is 5.26 Å². The number of halogens is 3. The van der Waals surface area contributed by atoms with E-state index in [9.17, 15) is 28.4 Å². The van der Waals surface area contributed by atoms with Crippen LogP contribution in [0.5, 0.6) is 0 Å². The molecule has 1 saturated carbocycles. The van der Waals surface area contributed by atoms with E-state index in [0.717, 1.165) is 15.9 Å². The Morgan fingerprint density at radius 3 is 2.54 bits per heavy atom. The third kappa shape index (κ3) is 5.50. The van der Waals surface area contributed by atoms with Crippen molar-refractivity contribution >= 4 is 29.2 Å². The first-order valence-corrected chi connectivity index (χ1v) is 13.1. The Morgan fingerprint density at radius 1 is 1.15 bits per heavy atom. The molecule has 210 valence electrons. The van der Waals surface area contributed by atoms with Crippen molar-refractivity contribution in [3.05, 3.63) is 89.4 Å². The van der Waals surface area contributed by atoms with Crippen LogP contribution in [0.3, 0.4) is 0 Å². The van der Waals surface area contributed by atoms with Crippen LogP contribution in [-0.2, 0) is 14.4 Å². The highest BCUT2D eigenvalue weighted by Gasteiger charge is 2.48. The second kappa shape index (κ2) is 11.0. The summed E-state index contributed by atoms with van der Waals surface area (Å²) in [6, 6.07) is 13.5. The van der Waals surface area contributed by atoms with Gasteiger partial charge in [0.05, 0.1) is 17.3 Å². The Bertz CT molecular complexity index is 1550. The molecule has 2 atom stereocenters. The Labute approximate surface area is 234 Å². The fourth-order valence-corrected chi connectivity index (χ4v) is 5.35. The lowest BCUT2D eigenvalue weighted by atomic mass is 9.87. The van der Waals surface area contributed by atoms with E-state index in [1.807, 2.05) is 6.07 Å². The normalized spacial score (nSPS) is 18.8. The number of hydrogen-bond acceptors (Lipinski definition) is 5. The minimum Gasteiger partial charge on any atom is -0.351 e. The highest BCUT2D eigenvalue weighted by molar-refractivity contribution is 6.10. The van der Waals surface area contributed by atoms with Gasteiger partial charge in [0.2, 0.25) is 11.8 Å². The Balaban J connectivity index is 1.61. The molecule has 11 heteroatoms. The number of nitrogens with one attached hydrogen (secondary N) is 1. The molecule has 1 N–H and O–H groups in total. The summed E-state index contributed by atoms with van der Waals surface area (Å²) in [5.41, 5.74) is 0.996. The second-order valence-electron chi connectivity index (χ2n) is 10.2. The number of anilines is 2. The molecular weight excluding hydrogens is 535 g/mol. The third-order valence-electron chi connectivity index (χ3n) is 7.39. The predicted molar refractivity (Wildman–Crippen MR) is 143 cm³/mol. The van der Waals surface area contributed by atoms with Gasteiger partial charge in [-0.1, -0.05) is 36.4 Å². The van der Waals surface area contributed by atoms with E-state index >= 15 is 4.39 Å². The first kappa shape index (κ1) is 27.8. The number of benzene rings is 2. The third-order valence-corrected chi connectivity index (χ3v) is 7.39. The van der Waals surface area contributed by atoms with E-state index in [1.54, 1.807) is 31.2 Å². The van der Waals surface area contributed by atoms with Gasteiger partial charge in [0, 0.05) is 31.5 Å². The molecule has 1 aliphatic heterocycles. The number of para-hydroxylation sites is 1. The fraction of sp³-hybridized carbons (Fsp3) is 0.300. The number of alkyl halides is 2. The van der Waals surface area contributed by atoms with Crippen LogP contribution in [0.2, 0.25) is 0 Å². The Hall–Kier alpha value is -4.72. The summed E-state index contributed by atoms with van der Waals surface area (Å²) in [7, 11) is 0. The average Bonchev–Trinajstić information content (AvgIpc) is 3.32. The fourth-order valence-electron chi connectivity index (χ4n) is 5.35. The van der Waals surface area contributed by atoms with Crippen LogP contribution in [0.4, 0.5) is 24.7 Å².